The van der Waals surface area contributed by atoms with Crippen molar-refractivity contribution in [3.63, 3.8) is 0 Å². The largest absolute Gasteiger partial charge is 0.326 e. The molecular weight excluding hydrogens is 186 g/mol. The van der Waals surface area contributed by atoms with Crippen LogP contribution in [0.15, 0.2) is 30.5 Å². The fraction of sp³-hybridized carbons (Fsp3) is 0.250. The number of nitrogens with zero attached hydrogens (tertiary/aromatic N) is 1. The van der Waals surface area contributed by atoms with Gasteiger partial charge in [-0.1, -0.05) is 29.8 Å². The summed E-state index contributed by atoms with van der Waals surface area (Å²) < 4.78 is 0. The maximum absolute atomic E-state index is 5.61. The fourth-order valence-electron chi connectivity index (χ4n) is 1.58. The Morgan fingerprint density at radius 2 is 2.00 bits per heavy atom. The molecule has 78 valence electrons. The summed E-state index contributed by atoms with van der Waals surface area (Å²) in [6.07, 6.45) is 2.66. The minimum absolute atomic E-state index is 0.539. The van der Waals surface area contributed by atoms with E-state index >= 15 is 0 Å². The predicted molar refractivity (Wildman–Crippen MR) is 60.5 cm³/mol. The average molecular weight is 201 g/mol. The summed E-state index contributed by atoms with van der Waals surface area (Å²) in [6, 6.07) is 8.51. The van der Waals surface area contributed by atoms with Gasteiger partial charge in [-0.2, -0.15) is 5.10 Å². The van der Waals surface area contributed by atoms with Gasteiger partial charge in [0, 0.05) is 24.2 Å². The molecule has 0 radical (unpaired) electrons. The second-order valence-electron chi connectivity index (χ2n) is 3.74. The monoisotopic (exact) mass is 201 g/mol. The summed E-state index contributed by atoms with van der Waals surface area (Å²) in [7, 11) is 0. The standard InChI is InChI=1S/C12H15N3/c1-9-2-4-10(5-3-9)6-12-11(7-13)8-14-15-12/h2-5,8H,6-7,13H2,1H3,(H,14,15). The molecule has 1 heterocycles. The van der Waals surface area contributed by atoms with Gasteiger partial charge in [0.2, 0.25) is 0 Å². The summed E-state index contributed by atoms with van der Waals surface area (Å²) in [5.74, 6) is 0. The van der Waals surface area contributed by atoms with Gasteiger partial charge in [-0.05, 0) is 12.5 Å². The number of aryl methyl sites for hydroxylation is 1. The molecule has 2 rings (SSSR count). The summed E-state index contributed by atoms with van der Waals surface area (Å²) in [6.45, 7) is 2.63. The van der Waals surface area contributed by atoms with Crippen LogP contribution in [-0.4, -0.2) is 10.2 Å². The minimum Gasteiger partial charge on any atom is -0.326 e. The molecule has 15 heavy (non-hydrogen) atoms. The Kier molecular flexibility index (Phi) is 2.83. The van der Waals surface area contributed by atoms with Crippen molar-refractivity contribution in [2.75, 3.05) is 0 Å². The molecular formula is C12H15N3. The molecule has 0 spiro atoms. The number of aromatic nitrogens is 2. The Hall–Kier alpha value is -1.61. The zero-order valence-corrected chi connectivity index (χ0v) is 8.83. The van der Waals surface area contributed by atoms with E-state index in [1.165, 1.54) is 11.1 Å². The van der Waals surface area contributed by atoms with Gasteiger partial charge in [0.1, 0.15) is 0 Å². The van der Waals surface area contributed by atoms with Crippen molar-refractivity contribution in [2.24, 2.45) is 5.73 Å². The highest BCUT2D eigenvalue weighted by Crippen LogP contribution is 2.11. The molecule has 0 saturated heterocycles. The number of benzene rings is 1. The molecule has 0 fully saturated rings. The van der Waals surface area contributed by atoms with Gasteiger partial charge >= 0.3 is 0 Å². The highest BCUT2D eigenvalue weighted by molar-refractivity contribution is 5.28. The van der Waals surface area contributed by atoms with Crippen LogP contribution < -0.4 is 5.73 Å². The number of nitrogens with one attached hydrogen (secondary N) is 1. The van der Waals surface area contributed by atoms with E-state index in [4.69, 9.17) is 5.73 Å². The van der Waals surface area contributed by atoms with E-state index in [1.54, 1.807) is 6.20 Å². The zero-order valence-electron chi connectivity index (χ0n) is 8.83. The van der Waals surface area contributed by atoms with E-state index in [9.17, 15) is 0 Å². The van der Waals surface area contributed by atoms with Crippen LogP contribution in [0.25, 0.3) is 0 Å². The normalized spacial score (nSPS) is 10.5. The van der Waals surface area contributed by atoms with Crippen molar-refractivity contribution in [1.82, 2.24) is 10.2 Å². The minimum atomic E-state index is 0.539. The topological polar surface area (TPSA) is 54.7 Å². The Morgan fingerprint density at radius 1 is 1.27 bits per heavy atom. The maximum atomic E-state index is 5.61. The van der Waals surface area contributed by atoms with Crippen LogP contribution >= 0.6 is 0 Å². The third-order valence-electron chi connectivity index (χ3n) is 2.53. The van der Waals surface area contributed by atoms with Crippen LogP contribution in [0.3, 0.4) is 0 Å². The molecule has 0 atom stereocenters. The first kappa shape index (κ1) is 9.93. The number of nitrogens with two attached hydrogens (primary N) is 1. The van der Waals surface area contributed by atoms with Gasteiger partial charge in [-0.3, -0.25) is 5.10 Å². The molecule has 0 aliphatic carbocycles. The second kappa shape index (κ2) is 4.28. The molecule has 3 nitrogen and oxygen atoms in total. The first-order chi connectivity index (χ1) is 7.29. The predicted octanol–water partition coefficient (Wildman–Crippen LogP) is 1.77. The van der Waals surface area contributed by atoms with Crippen LogP contribution in [-0.2, 0) is 13.0 Å². The SMILES string of the molecule is Cc1ccc(Cc2[nH]ncc2CN)cc1. The van der Waals surface area contributed by atoms with Crippen molar-refractivity contribution in [3.05, 3.63) is 52.8 Å². The first-order valence-electron chi connectivity index (χ1n) is 5.06. The molecule has 1 aromatic heterocycles. The highest BCUT2D eigenvalue weighted by atomic mass is 15.1. The van der Waals surface area contributed by atoms with Gasteiger partial charge in [0.05, 0.1) is 6.20 Å². The van der Waals surface area contributed by atoms with Gasteiger partial charge in [0.15, 0.2) is 0 Å². The van der Waals surface area contributed by atoms with E-state index in [0.717, 1.165) is 17.7 Å². The molecule has 3 N–H and O–H groups in total. The Balaban J connectivity index is 2.18. The summed E-state index contributed by atoms with van der Waals surface area (Å²) in [5, 5.41) is 6.99. The number of aromatic amines is 1. The van der Waals surface area contributed by atoms with Gasteiger partial charge in [0.25, 0.3) is 0 Å². The number of hydrogen-bond acceptors (Lipinski definition) is 2. The van der Waals surface area contributed by atoms with Crippen LogP contribution in [0.2, 0.25) is 0 Å². The van der Waals surface area contributed by atoms with E-state index in [0.29, 0.717) is 6.54 Å². The van der Waals surface area contributed by atoms with Gasteiger partial charge < -0.3 is 5.73 Å². The lowest BCUT2D eigenvalue weighted by Crippen LogP contribution is -2.00. The van der Waals surface area contributed by atoms with Crippen molar-refractivity contribution in [2.45, 2.75) is 19.9 Å². The van der Waals surface area contributed by atoms with Crippen LogP contribution in [0.4, 0.5) is 0 Å². The summed E-state index contributed by atoms with van der Waals surface area (Å²) >= 11 is 0. The van der Waals surface area contributed by atoms with Crippen LogP contribution in [0.1, 0.15) is 22.4 Å². The lowest BCUT2D eigenvalue weighted by atomic mass is 10.1. The van der Waals surface area contributed by atoms with Crippen molar-refractivity contribution in [3.8, 4) is 0 Å². The lowest BCUT2D eigenvalue weighted by molar-refractivity contribution is 0.969. The molecule has 0 saturated carbocycles. The fourth-order valence-corrected chi connectivity index (χ4v) is 1.58. The smallest absolute Gasteiger partial charge is 0.0535 e. The Morgan fingerprint density at radius 3 is 2.67 bits per heavy atom. The third kappa shape index (κ3) is 2.25. The number of hydrogen-bond donors (Lipinski definition) is 2. The van der Waals surface area contributed by atoms with E-state index in [2.05, 4.69) is 41.4 Å². The maximum Gasteiger partial charge on any atom is 0.0535 e. The Labute approximate surface area is 89.3 Å². The molecule has 0 unspecified atom stereocenters. The molecule has 0 bridgehead atoms. The second-order valence-corrected chi connectivity index (χ2v) is 3.74. The average Bonchev–Trinajstić information content (AvgIpc) is 2.69. The first-order valence-corrected chi connectivity index (χ1v) is 5.06. The molecule has 3 heteroatoms. The zero-order chi connectivity index (χ0) is 10.7. The number of rotatable bonds is 3. The van der Waals surface area contributed by atoms with Gasteiger partial charge in [-0.15, -0.1) is 0 Å². The summed E-state index contributed by atoms with van der Waals surface area (Å²) in [5.41, 5.74) is 10.4. The van der Waals surface area contributed by atoms with Crippen LogP contribution in [0, 0.1) is 6.92 Å². The third-order valence-corrected chi connectivity index (χ3v) is 2.53. The molecule has 1 aromatic carbocycles. The van der Waals surface area contributed by atoms with Gasteiger partial charge in [-0.25, -0.2) is 0 Å². The van der Waals surface area contributed by atoms with E-state index < -0.39 is 0 Å². The molecule has 0 aliphatic heterocycles. The Bertz CT molecular complexity index is 428. The quantitative estimate of drug-likeness (QED) is 0.795. The van der Waals surface area contributed by atoms with Crippen LogP contribution in [0.5, 0.6) is 0 Å². The number of H-pyrrole nitrogens is 1. The van der Waals surface area contributed by atoms with E-state index in [1.807, 2.05) is 0 Å². The van der Waals surface area contributed by atoms with E-state index in [-0.39, 0.29) is 0 Å². The van der Waals surface area contributed by atoms with Crippen molar-refractivity contribution < 1.29 is 0 Å². The van der Waals surface area contributed by atoms with Crippen molar-refractivity contribution >= 4 is 0 Å². The van der Waals surface area contributed by atoms with Crippen molar-refractivity contribution in [1.29, 1.82) is 0 Å². The lowest BCUT2D eigenvalue weighted by Gasteiger charge is -2.02. The molecule has 0 aliphatic rings. The summed E-state index contributed by atoms with van der Waals surface area (Å²) in [4.78, 5) is 0. The highest BCUT2D eigenvalue weighted by Gasteiger charge is 2.03. The molecule has 0 amide bonds. The molecule has 2 aromatic rings.